The molecule has 6 nitrogen and oxygen atoms in total. The second-order valence-electron chi connectivity index (χ2n) is 6.26. The van der Waals surface area contributed by atoms with Crippen molar-refractivity contribution in [2.24, 2.45) is 5.92 Å². The number of fused-ring (bicyclic) bond motifs is 2. The minimum atomic E-state index is 0.208. The van der Waals surface area contributed by atoms with Crippen LogP contribution in [0.25, 0.3) is 5.65 Å². The first-order valence-electron chi connectivity index (χ1n) is 8.12. The maximum absolute atomic E-state index is 12.4. The first-order valence-corrected chi connectivity index (χ1v) is 8.12. The van der Waals surface area contributed by atoms with E-state index in [-0.39, 0.29) is 5.92 Å². The van der Waals surface area contributed by atoms with Crippen LogP contribution in [-0.2, 0) is 11.2 Å². The lowest BCUT2D eigenvalue weighted by molar-refractivity contribution is -0.132. The molecule has 2 atom stereocenters. The van der Waals surface area contributed by atoms with Crippen LogP contribution < -0.4 is 5.32 Å². The van der Waals surface area contributed by atoms with Crippen molar-refractivity contribution in [1.29, 1.82) is 0 Å². The number of nitrogens with zero attached hydrogens (tertiary/aromatic N) is 4. The Morgan fingerprint density at radius 3 is 3.23 bits per heavy atom. The molecule has 2 aliphatic heterocycles. The average molecular weight is 299 g/mol. The van der Waals surface area contributed by atoms with Gasteiger partial charge in [-0.3, -0.25) is 4.79 Å². The first kappa shape index (κ1) is 13.7. The molecule has 116 valence electrons. The maximum atomic E-state index is 12.4. The van der Waals surface area contributed by atoms with Crippen molar-refractivity contribution in [3.8, 4) is 0 Å². The predicted octanol–water partition coefficient (Wildman–Crippen LogP) is 0.872. The molecule has 2 aromatic heterocycles. The van der Waals surface area contributed by atoms with Crippen LogP contribution in [0.1, 0.15) is 25.0 Å². The quantitative estimate of drug-likeness (QED) is 0.910. The van der Waals surface area contributed by atoms with Crippen molar-refractivity contribution in [2.75, 3.05) is 19.6 Å². The van der Waals surface area contributed by atoms with Gasteiger partial charge in [0.1, 0.15) is 6.33 Å². The summed E-state index contributed by atoms with van der Waals surface area (Å²) < 4.78 is 1.89. The molecule has 0 radical (unpaired) electrons. The maximum Gasteiger partial charge on any atom is 0.226 e. The summed E-state index contributed by atoms with van der Waals surface area (Å²) in [7, 11) is 0. The Bertz CT molecular complexity index is 682. The normalized spacial score (nSPS) is 24.9. The number of pyridine rings is 1. The van der Waals surface area contributed by atoms with Crippen molar-refractivity contribution in [3.63, 3.8) is 0 Å². The van der Waals surface area contributed by atoms with Crippen LogP contribution in [0.3, 0.4) is 0 Å². The Labute approximate surface area is 129 Å². The fourth-order valence-electron chi connectivity index (χ4n) is 3.79. The smallest absolute Gasteiger partial charge is 0.226 e. The molecule has 6 heteroatoms. The summed E-state index contributed by atoms with van der Waals surface area (Å²) in [6.07, 6.45) is 5.53. The third-order valence-electron chi connectivity index (χ3n) is 4.90. The predicted molar refractivity (Wildman–Crippen MR) is 82.4 cm³/mol. The molecule has 22 heavy (non-hydrogen) atoms. The van der Waals surface area contributed by atoms with Crippen molar-refractivity contribution < 1.29 is 4.79 Å². The topological polar surface area (TPSA) is 62.5 Å². The molecule has 4 rings (SSSR count). The van der Waals surface area contributed by atoms with Gasteiger partial charge in [0, 0.05) is 37.3 Å². The molecule has 2 fully saturated rings. The number of aryl methyl sites for hydroxylation is 1. The van der Waals surface area contributed by atoms with E-state index in [1.807, 2.05) is 16.6 Å². The average Bonchev–Trinajstić information content (AvgIpc) is 3.14. The molecule has 0 bridgehead atoms. The first-order chi connectivity index (χ1) is 10.8. The highest BCUT2D eigenvalue weighted by molar-refractivity contribution is 5.81. The van der Waals surface area contributed by atoms with E-state index in [0.717, 1.165) is 51.0 Å². The molecule has 1 amide bonds. The summed E-state index contributed by atoms with van der Waals surface area (Å²) >= 11 is 0. The van der Waals surface area contributed by atoms with Gasteiger partial charge in [-0.25, -0.2) is 9.50 Å². The largest absolute Gasteiger partial charge is 0.337 e. The number of hydrogen-bond donors (Lipinski definition) is 1. The standard InChI is InChI=1S/C16H21N5O/c22-16-12(9-14-10-17-7-8-20(14)16)3-1-4-13-5-2-6-15-18-11-19-21(13)15/h2,5-6,11-12,14,17H,1,3-4,7-10H2/t12-,14-/m0/s1. The summed E-state index contributed by atoms with van der Waals surface area (Å²) in [6, 6.07) is 6.49. The lowest BCUT2D eigenvalue weighted by atomic mass is 9.97. The van der Waals surface area contributed by atoms with Crippen LogP contribution in [0.5, 0.6) is 0 Å². The molecule has 0 unspecified atom stereocenters. The van der Waals surface area contributed by atoms with Gasteiger partial charge in [-0.15, -0.1) is 0 Å². The van der Waals surface area contributed by atoms with E-state index in [9.17, 15) is 4.79 Å². The van der Waals surface area contributed by atoms with Gasteiger partial charge in [0.2, 0.25) is 5.91 Å². The van der Waals surface area contributed by atoms with Gasteiger partial charge in [0.15, 0.2) is 5.65 Å². The molecule has 0 aliphatic carbocycles. The fraction of sp³-hybridized carbons (Fsp3) is 0.562. The zero-order chi connectivity index (χ0) is 14.9. The molecular weight excluding hydrogens is 278 g/mol. The van der Waals surface area contributed by atoms with Gasteiger partial charge in [-0.1, -0.05) is 6.07 Å². The number of carbonyl (C=O) groups excluding carboxylic acids is 1. The minimum Gasteiger partial charge on any atom is -0.337 e. The van der Waals surface area contributed by atoms with E-state index >= 15 is 0 Å². The fourth-order valence-corrected chi connectivity index (χ4v) is 3.79. The molecule has 0 saturated carbocycles. The molecular formula is C16H21N5O. The third kappa shape index (κ3) is 2.37. The number of rotatable bonds is 4. The Morgan fingerprint density at radius 2 is 2.32 bits per heavy atom. The SMILES string of the molecule is O=C1[C@@H](CCCc2cccc3ncnn23)C[C@H]2CNCCN12. The number of piperazine rings is 1. The zero-order valence-corrected chi connectivity index (χ0v) is 12.6. The monoisotopic (exact) mass is 299 g/mol. The number of nitrogens with one attached hydrogen (secondary N) is 1. The van der Waals surface area contributed by atoms with Gasteiger partial charge < -0.3 is 10.2 Å². The molecule has 2 saturated heterocycles. The van der Waals surface area contributed by atoms with Gasteiger partial charge in [-0.2, -0.15) is 5.10 Å². The van der Waals surface area contributed by atoms with E-state index in [1.54, 1.807) is 6.33 Å². The van der Waals surface area contributed by atoms with Crippen LogP contribution in [-0.4, -0.2) is 51.1 Å². The van der Waals surface area contributed by atoms with Crippen molar-refractivity contribution in [3.05, 3.63) is 30.2 Å². The number of amides is 1. The van der Waals surface area contributed by atoms with Crippen LogP contribution >= 0.6 is 0 Å². The van der Waals surface area contributed by atoms with Crippen LogP contribution in [0.4, 0.5) is 0 Å². The van der Waals surface area contributed by atoms with Gasteiger partial charge in [0.05, 0.1) is 0 Å². The van der Waals surface area contributed by atoms with Gasteiger partial charge >= 0.3 is 0 Å². The van der Waals surface area contributed by atoms with E-state index in [2.05, 4.69) is 26.4 Å². The Kier molecular flexibility index (Phi) is 3.54. The van der Waals surface area contributed by atoms with E-state index in [0.29, 0.717) is 11.9 Å². The highest BCUT2D eigenvalue weighted by atomic mass is 16.2. The number of aromatic nitrogens is 3. The summed E-state index contributed by atoms with van der Waals surface area (Å²) in [5, 5.41) is 7.65. The number of hydrogen-bond acceptors (Lipinski definition) is 4. The van der Waals surface area contributed by atoms with Crippen molar-refractivity contribution in [1.82, 2.24) is 24.8 Å². The Balaban J connectivity index is 1.37. The highest BCUT2D eigenvalue weighted by Gasteiger charge is 2.39. The van der Waals surface area contributed by atoms with Crippen LogP contribution in [0.2, 0.25) is 0 Å². The summed E-state index contributed by atoms with van der Waals surface area (Å²) in [5.41, 5.74) is 2.05. The van der Waals surface area contributed by atoms with E-state index in [4.69, 9.17) is 0 Å². The third-order valence-corrected chi connectivity index (χ3v) is 4.90. The molecule has 0 spiro atoms. The zero-order valence-electron chi connectivity index (χ0n) is 12.6. The summed E-state index contributed by atoms with van der Waals surface area (Å²) in [4.78, 5) is 18.7. The Hall–Kier alpha value is -1.95. The Morgan fingerprint density at radius 1 is 1.36 bits per heavy atom. The molecule has 1 N–H and O–H groups in total. The van der Waals surface area contributed by atoms with E-state index in [1.165, 1.54) is 5.69 Å². The second kappa shape index (κ2) is 5.68. The van der Waals surface area contributed by atoms with Gasteiger partial charge in [0.25, 0.3) is 0 Å². The lowest BCUT2D eigenvalue weighted by Crippen LogP contribution is -2.49. The van der Waals surface area contributed by atoms with Crippen molar-refractivity contribution >= 4 is 11.6 Å². The van der Waals surface area contributed by atoms with Crippen LogP contribution in [0, 0.1) is 5.92 Å². The highest BCUT2D eigenvalue weighted by Crippen LogP contribution is 2.29. The molecule has 2 aliphatic rings. The minimum absolute atomic E-state index is 0.208. The van der Waals surface area contributed by atoms with Crippen LogP contribution in [0.15, 0.2) is 24.5 Å². The molecule has 4 heterocycles. The lowest BCUT2D eigenvalue weighted by Gasteiger charge is -2.30. The second-order valence-corrected chi connectivity index (χ2v) is 6.26. The summed E-state index contributed by atoms with van der Waals surface area (Å²) in [6.45, 7) is 2.77. The van der Waals surface area contributed by atoms with E-state index < -0.39 is 0 Å². The summed E-state index contributed by atoms with van der Waals surface area (Å²) in [5.74, 6) is 0.574. The molecule has 2 aromatic rings. The van der Waals surface area contributed by atoms with Gasteiger partial charge in [-0.05, 0) is 37.8 Å². The number of carbonyl (C=O) groups is 1. The molecule has 0 aromatic carbocycles. The van der Waals surface area contributed by atoms with Crippen molar-refractivity contribution in [2.45, 2.75) is 31.7 Å².